The van der Waals surface area contributed by atoms with Gasteiger partial charge in [0, 0.05) is 0 Å². The van der Waals surface area contributed by atoms with Crippen molar-refractivity contribution in [2.75, 3.05) is 24.6 Å². The highest BCUT2D eigenvalue weighted by molar-refractivity contribution is 7.92. The van der Waals surface area contributed by atoms with Crippen molar-refractivity contribution >= 4 is 21.6 Å². The first-order valence-electron chi connectivity index (χ1n) is 11.0. The summed E-state index contributed by atoms with van der Waals surface area (Å²) in [5, 5.41) is 2.89. The number of methoxy groups -OCH3 is 1. The fourth-order valence-corrected chi connectivity index (χ4v) is 4.92. The van der Waals surface area contributed by atoms with Gasteiger partial charge < -0.3 is 14.8 Å². The van der Waals surface area contributed by atoms with E-state index >= 15 is 0 Å². The van der Waals surface area contributed by atoms with E-state index < -0.39 is 22.5 Å². The summed E-state index contributed by atoms with van der Waals surface area (Å²) in [6, 6.07) is 20.3. The largest absolute Gasteiger partial charge is 0.495 e. The Hall–Kier alpha value is -3.52. The Bertz CT molecular complexity index is 1210. The molecule has 0 unspecified atom stereocenters. The topological polar surface area (TPSA) is 84.9 Å². The van der Waals surface area contributed by atoms with Crippen molar-refractivity contribution in [1.29, 1.82) is 0 Å². The van der Waals surface area contributed by atoms with Gasteiger partial charge in [-0.1, -0.05) is 42.0 Å². The quantitative estimate of drug-likeness (QED) is 0.461. The molecular weight excluding hydrogens is 452 g/mol. The van der Waals surface area contributed by atoms with E-state index in [0.29, 0.717) is 12.4 Å². The maximum atomic E-state index is 13.6. The van der Waals surface area contributed by atoms with Crippen molar-refractivity contribution in [2.45, 2.75) is 31.7 Å². The van der Waals surface area contributed by atoms with Crippen molar-refractivity contribution in [3.63, 3.8) is 0 Å². The second-order valence-corrected chi connectivity index (χ2v) is 9.65. The van der Waals surface area contributed by atoms with Gasteiger partial charge in [-0.25, -0.2) is 8.42 Å². The third-order valence-electron chi connectivity index (χ3n) is 5.32. The summed E-state index contributed by atoms with van der Waals surface area (Å²) in [7, 11) is -2.57. The van der Waals surface area contributed by atoms with Crippen LogP contribution in [-0.2, 0) is 14.8 Å². The number of hydrogen-bond acceptors (Lipinski definition) is 5. The number of carbonyl (C=O) groups is 1. The highest BCUT2D eigenvalue weighted by Crippen LogP contribution is 2.32. The minimum Gasteiger partial charge on any atom is -0.495 e. The van der Waals surface area contributed by atoms with Crippen LogP contribution >= 0.6 is 0 Å². The van der Waals surface area contributed by atoms with Gasteiger partial charge >= 0.3 is 0 Å². The van der Waals surface area contributed by atoms with Crippen LogP contribution in [0.3, 0.4) is 0 Å². The lowest BCUT2D eigenvalue weighted by Crippen LogP contribution is -2.41. The average molecular weight is 483 g/mol. The van der Waals surface area contributed by atoms with E-state index in [1.165, 1.54) is 19.2 Å². The number of sulfonamides is 1. The normalized spacial score (nSPS) is 12.0. The van der Waals surface area contributed by atoms with Crippen LogP contribution in [0.15, 0.2) is 77.7 Å². The van der Waals surface area contributed by atoms with Gasteiger partial charge in [0.1, 0.15) is 18.0 Å². The second kappa shape index (κ2) is 11.1. The van der Waals surface area contributed by atoms with E-state index in [1.54, 1.807) is 36.4 Å². The number of anilines is 1. The summed E-state index contributed by atoms with van der Waals surface area (Å²) in [5.74, 6) is 0.657. The lowest BCUT2D eigenvalue weighted by Gasteiger charge is -2.26. The lowest BCUT2D eigenvalue weighted by molar-refractivity contribution is -0.120. The van der Waals surface area contributed by atoms with E-state index in [-0.39, 0.29) is 16.6 Å². The van der Waals surface area contributed by atoms with Gasteiger partial charge in [-0.3, -0.25) is 9.10 Å². The smallest absolute Gasteiger partial charge is 0.264 e. The summed E-state index contributed by atoms with van der Waals surface area (Å²) in [6.07, 6.45) is 0. The molecule has 0 aromatic heterocycles. The number of nitrogens with zero attached hydrogens (tertiary/aromatic N) is 1. The average Bonchev–Trinajstić information content (AvgIpc) is 2.83. The maximum absolute atomic E-state index is 13.6. The number of rotatable bonds is 10. The van der Waals surface area contributed by atoms with Crippen molar-refractivity contribution in [1.82, 2.24) is 5.32 Å². The van der Waals surface area contributed by atoms with Crippen LogP contribution in [-0.4, -0.2) is 34.6 Å². The van der Waals surface area contributed by atoms with Gasteiger partial charge in [0.05, 0.1) is 30.3 Å². The standard InChI is InChI=1S/C26H30N2O5S/c1-5-33-22-14-12-21(13-15-22)20(3)27-26(29)18-28(24-8-6-7-9-25(24)32-4)34(30,31)23-16-10-19(2)11-17-23/h6-17,20H,5,18H2,1-4H3,(H,27,29)/t20-/m1/s1. The summed E-state index contributed by atoms with van der Waals surface area (Å²) in [5.41, 5.74) is 2.10. The second-order valence-electron chi connectivity index (χ2n) is 7.79. The Morgan fingerprint density at radius 3 is 2.26 bits per heavy atom. The lowest BCUT2D eigenvalue weighted by atomic mass is 10.1. The van der Waals surface area contributed by atoms with Crippen molar-refractivity contribution < 1.29 is 22.7 Å². The zero-order valence-corrected chi connectivity index (χ0v) is 20.6. The number of hydrogen-bond donors (Lipinski definition) is 1. The zero-order valence-electron chi connectivity index (χ0n) is 19.8. The summed E-state index contributed by atoms with van der Waals surface area (Å²) in [6.45, 7) is 5.80. The molecule has 0 fully saturated rings. The molecule has 3 aromatic rings. The van der Waals surface area contributed by atoms with Crippen LogP contribution in [0, 0.1) is 6.92 Å². The van der Waals surface area contributed by atoms with E-state index in [2.05, 4.69) is 5.32 Å². The first-order chi connectivity index (χ1) is 16.3. The molecule has 1 amide bonds. The minimum atomic E-state index is -4.03. The molecule has 8 heteroatoms. The number of benzene rings is 3. The summed E-state index contributed by atoms with van der Waals surface area (Å²) < 4.78 is 39.1. The van der Waals surface area contributed by atoms with Crippen LogP contribution in [0.4, 0.5) is 5.69 Å². The van der Waals surface area contributed by atoms with Crippen LogP contribution in [0.2, 0.25) is 0 Å². The van der Waals surface area contributed by atoms with Crippen molar-refractivity contribution in [3.8, 4) is 11.5 Å². The SMILES string of the molecule is CCOc1ccc([C@@H](C)NC(=O)CN(c2ccccc2OC)S(=O)(=O)c2ccc(C)cc2)cc1. The Labute approximate surface area is 201 Å². The predicted molar refractivity (Wildman–Crippen MR) is 133 cm³/mol. The van der Waals surface area contributed by atoms with E-state index in [4.69, 9.17) is 9.47 Å². The molecule has 0 bridgehead atoms. The highest BCUT2D eigenvalue weighted by Gasteiger charge is 2.29. The highest BCUT2D eigenvalue weighted by atomic mass is 32.2. The summed E-state index contributed by atoms with van der Waals surface area (Å²) in [4.78, 5) is 13.1. The number of ether oxygens (including phenoxy) is 2. The van der Waals surface area contributed by atoms with Crippen LogP contribution in [0.1, 0.15) is 31.0 Å². The zero-order chi connectivity index (χ0) is 24.7. The molecular formula is C26H30N2O5S. The third kappa shape index (κ3) is 5.88. The van der Waals surface area contributed by atoms with Gasteiger partial charge in [0.2, 0.25) is 5.91 Å². The fraction of sp³-hybridized carbons (Fsp3) is 0.269. The Morgan fingerprint density at radius 1 is 1.00 bits per heavy atom. The molecule has 0 aliphatic rings. The molecule has 0 heterocycles. The molecule has 3 aromatic carbocycles. The molecule has 0 radical (unpaired) electrons. The number of carbonyl (C=O) groups excluding carboxylic acids is 1. The maximum Gasteiger partial charge on any atom is 0.264 e. The molecule has 0 aliphatic carbocycles. The molecule has 7 nitrogen and oxygen atoms in total. The molecule has 1 atom stereocenters. The first kappa shape index (κ1) is 25.1. The molecule has 180 valence electrons. The van der Waals surface area contributed by atoms with E-state index in [9.17, 15) is 13.2 Å². The van der Waals surface area contributed by atoms with Gasteiger partial charge in [-0.15, -0.1) is 0 Å². The monoisotopic (exact) mass is 482 g/mol. The van der Waals surface area contributed by atoms with Crippen molar-refractivity contribution in [2.24, 2.45) is 0 Å². The Morgan fingerprint density at radius 2 is 1.65 bits per heavy atom. The summed E-state index contributed by atoms with van der Waals surface area (Å²) >= 11 is 0. The molecule has 0 saturated heterocycles. The van der Waals surface area contributed by atoms with Gasteiger partial charge in [-0.05, 0) is 62.7 Å². The number of para-hydroxylation sites is 2. The van der Waals surface area contributed by atoms with E-state index in [1.807, 2.05) is 45.0 Å². The first-order valence-corrected chi connectivity index (χ1v) is 12.4. The molecule has 34 heavy (non-hydrogen) atoms. The molecule has 0 saturated carbocycles. The number of amides is 1. The van der Waals surface area contributed by atoms with Crippen LogP contribution < -0.4 is 19.1 Å². The fourth-order valence-electron chi connectivity index (χ4n) is 3.49. The van der Waals surface area contributed by atoms with Gasteiger partial charge in [-0.2, -0.15) is 0 Å². The van der Waals surface area contributed by atoms with Crippen LogP contribution in [0.25, 0.3) is 0 Å². The molecule has 0 aliphatic heterocycles. The number of nitrogens with one attached hydrogen (secondary N) is 1. The molecule has 1 N–H and O–H groups in total. The Kier molecular flexibility index (Phi) is 8.17. The number of aryl methyl sites for hydroxylation is 1. The molecule has 3 rings (SSSR count). The predicted octanol–water partition coefficient (Wildman–Crippen LogP) is 4.48. The third-order valence-corrected chi connectivity index (χ3v) is 7.09. The van der Waals surface area contributed by atoms with E-state index in [0.717, 1.165) is 21.2 Å². The van der Waals surface area contributed by atoms with Gasteiger partial charge in [0.15, 0.2) is 0 Å². The van der Waals surface area contributed by atoms with Gasteiger partial charge in [0.25, 0.3) is 10.0 Å². The molecule has 0 spiro atoms. The Balaban J connectivity index is 1.88. The minimum absolute atomic E-state index is 0.0939. The van der Waals surface area contributed by atoms with Crippen LogP contribution in [0.5, 0.6) is 11.5 Å². The van der Waals surface area contributed by atoms with Crippen molar-refractivity contribution in [3.05, 3.63) is 83.9 Å².